The van der Waals surface area contributed by atoms with Gasteiger partial charge in [0.05, 0.1) is 10.6 Å². The Labute approximate surface area is 127 Å². The van der Waals surface area contributed by atoms with Crippen molar-refractivity contribution in [2.24, 2.45) is 5.14 Å². The van der Waals surface area contributed by atoms with E-state index in [2.05, 4.69) is 0 Å². The minimum Gasteiger partial charge on any atom is -0.333 e. The Morgan fingerprint density at radius 1 is 1.43 bits per heavy atom. The molecule has 0 radical (unpaired) electrons. The first-order chi connectivity index (χ1) is 9.54. The van der Waals surface area contributed by atoms with Crippen LogP contribution in [0.1, 0.15) is 37.0 Å². The van der Waals surface area contributed by atoms with Crippen molar-refractivity contribution in [2.75, 3.05) is 6.54 Å². The molecule has 0 spiro atoms. The van der Waals surface area contributed by atoms with Crippen LogP contribution in [0.3, 0.4) is 0 Å². The molecule has 0 unspecified atom stereocenters. The highest BCUT2D eigenvalue weighted by atomic mass is 35.5. The van der Waals surface area contributed by atoms with Crippen molar-refractivity contribution in [3.8, 4) is 0 Å². The van der Waals surface area contributed by atoms with Crippen molar-refractivity contribution in [1.82, 2.24) is 4.90 Å². The lowest BCUT2D eigenvalue weighted by Gasteiger charge is -2.31. The number of nitrogens with two attached hydrogens (primary N) is 1. The van der Waals surface area contributed by atoms with Gasteiger partial charge in [-0.25, -0.2) is 17.9 Å². The molecule has 21 heavy (non-hydrogen) atoms. The SMILES string of the molecule is CC1(C)CCCN1C(=O)c1cc(S(N)(=O)=O)c(Cl)cc1F. The van der Waals surface area contributed by atoms with E-state index in [9.17, 15) is 17.6 Å². The van der Waals surface area contributed by atoms with Crippen molar-refractivity contribution in [1.29, 1.82) is 0 Å². The Hall–Kier alpha value is -1.18. The maximum absolute atomic E-state index is 14.0. The lowest BCUT2D eigenvalue weighted by Crippen LogP contribution is -2.43. The van der Waals surface area contributed by atoms with Gasteiger partial charge in [-0.1, -0.05) is 11.6 Å². The smallest absolute Gasteiger partial charge is 0.257 e. The van der Waals surface area contributed by atoms with Crippen LogP contribution < -0.4 is 5.14 Å². The number of likely N-dealkylation sites (tertiary alicyclic amines) is 1. The summed E-state index contributed by atoms with van der Waals surface area (Å²) < 4.78 is 36.9. The predicted octanol–water partition coefficient (Wildman–Crippen LogP) is 2.14. The number of benzene rings is 1. The molecular formula is C13H16ClFN2O3S. The zero-order chi connectivity index (χ0) is 16.0. The second kappa shape index (κ2) is 5.23. The normalized spacial score (nSPS) is 18.0. The molecule has 1 fully saturated rings. The van der Waals surface area contributed by atoms with E-state index >= 15 is 0 Å². The van der Waals surface area contributed by atoms with Crippen LogP contribution >= 0.6 is 11.6 Å². The number of hydrogen-bond donors (Lipinski definition) is 1. The monoisotopic (exact) mass is 334 g/mol. The van der Waals surface area contributed by atoms with Crippen LogP contribution in [0.25, 0.3) is 0 Å². The largest absolute Gasteiger partial charge is 0.333 e. The molecule has 0 aromatic heterocycles. The Kier molecular flexibility index (Phi) is 4.03. The van der Waals surface area contributed by atoms with E-state index in [0.29, 0.717) is 6.54 Å². The first-order valence-corrected chi connectivity index (χ1v) is 8.30. The zero-order valence-corrected chi connectivity index (χ0v) is 13.3. The fourth-order valence-corrected chi connectivity index (χ4v) is 3.63. The number of primary sulfonamides is 1. The van der Waals surface area contributed by atoms with Crippen molar-refractivity contribution in [2.45, 2.75) is 37.1 Å². The maximum atomic E-state index is 14.0. The summed E-state index contributed by atoms with van der Waals surface area (Å²) in [6.07, 6.45) is 1.62. The lowest BCUT2D eigenvalue weighted by molar-refractivity contribution is 0.0647. The zero-order valence-electron chi connectivity index (χ0n) is 11.7. The average molecular weight is 335 g/mol. The Balaban J connectivity index is 2.52. The number of sulfonamides is 1. The summed E-state index contributed by atoms with van der Waals surface area (Å²) in [6.45, 7) is 4.26. The van der Waals surface area contributed by atoms with Gasteiger partial charge in [-0.2, -0.15) is 0 Å². The van der Waals surface area contributed by atoms with Gasteiger partial charge in [0, 0.05) is 12.1 Å². The molecule has 1 aromatic rings. The van der Waals surface area contributed by atoms with Gasteiger partial charge in [-0.15, -0.1) is 0 Å². The second-order valence-electron chi connectivity index (χ2n) is 5.68. The highest BCUT2D eigenvalue weighted by molar-refractivity contribution is 7.89. The Morgan fingerprint density at radius 2 is 2.05 bits per heavy atom. The van der Waals surface area contributed by atoms with E-state index < -0.39 is 32.2 Å². The lowest BCUT2D eigenvalue weighted by atomic mass is 10.0. The van der Waals surface area contributed by atoms with Gasteiger partial charge in [-0.3, -0.25) is 4.79 Å². The van der Waals surface area contributed by atoms with Crippen LogP contribution in [0.15, 0.2) is 17.0 Å². The first-order valence-electron chi connectivity index (χ1n) is 6.38. The summed E-state index contributed by atoms with van der Waals surface area (Å²) in [4.78, 5) is 13.6. The highest BCUT2D eigenvalue weighted by Gasteiger charge is 2.37. The van der Waals surface area contributed by atoms with Crippen LogP contribution in [0.2, 0.25) is 5.02 Å². The second-order valence-corrected chi connectivity index (χ2v) is 7.62. The van der Waals surface area contributed by atoms with Crippen LogP contribution in [-0.2, 0) is 10.0 Å². The molecule has 1 aliphatic rings. The molecule has 1 amide bonds. The van der Waals surface area contributed by atoms with E-state index in [-0.39, 0.29) is 10.6 Å². The van der Waals surface area contributed by atoms with Gasteiger partial charge in [-0.05, 0) is 38.8 Å². The first kappa shape index (κ1) is 16.2. The van der Waals surface area contributed by atoms with E-state index in [4.69, 9.17) is 16.7 Å². The van der Waals surface area contributed by atoms with Gasteiger partial charge in [0.1, 0.15) is 10.7 Å². The van der Waals surface area contributed by atoms with Crippen LogP contribution in [0, 0.1) is 5.82 Å². The van der Waals surface area contributed by atoms with Crippen molar-refractivity contribution < 1.29 is 17.6 Å². The standard InChI is InChI=1S/C13H16ClFN2O3S/c1-13(2)4-3-5-17(13)12(18)8-6-11(21(16,19)20)9(14)7-10(8)15/h6-7H,3-5H2,1-2H3,(H2,16,19,20). The summed E-state index contributed by atoms with van der Waals surface area (Å²) in [7, 11) is -4.13. The Bertz CT molecular complexity index is 704. The number of rotatable bonds is 2. The van der Waals surface area contributed by atoms with E-state index in [0.717, 1.165) is 25.0 Å². The minimum absolute atomic E-state index is 0.335. The Morgan fingerprint density at radius 3 is 2.52 bits per heavy atom. The number of carbonyl (C=O) groups excluding carboxylic acids is 1. The summed E-state index contributed by atoms with van der Waals surface area (Å²) in [6, 6.07) is 1.71. The van der Waals surface area contributed by atoms with E-state index in [1.54, 1.807) is 0 Å². The molecular weight excluding hydrogens is 319 g/mol. The van der Waals surface area contributed by atoms with E-state index in [1.807, 2.05) is 13.8 Å². The molecule has 0 bridgehead atoms. The van der Waals surface area contributed by atoms with Crippen molar-refractivity contribution in [3.05, 3.63) is 28.5 Å². The molecule has 2 N–H and O–H groups in total. The van der Waals surface area contributed by atoms with Gasteiger partial charge in [0.15, 0.2) is 0 Å². The van der Waals surface area contributed by atoms with Crippen molar-refractivity contribution >= 4 is 27.5 Å². The molecule has 8 heteroatoms. The van der Waals surface area contributed by atoms with Gasteiger partial charge < -0.3 is 4.90 Å². The molecule has 1 aliphatic heterocycles. The number of hydrogen-bond acceptors (Lipinski definition) is 3. The number of carbonyl (C=O) groups is 1. The van der Waals surface area contributed by atoms with Crippen LogP contribution in [0.5, 0.6) is 0 Å². The average Bonchev–Trinajstić information content (AvgIpc) is 2.66. The number of halogens is 2. The molecule has 0 saturated carbocycles. The predicted molar refractivity (Wildman–Crippen MR) is 77.1 cm³/mol. The van der Waals surface area contributed by atoms with Crippen molar-refractivity contribution in [3.63, 3.8) is 0 Å². The third kappa shape index (κ3) is 3.04. The quantitative estimate of drug-likeness (QED) is 0.899. The highest BCUT2D eigenvalue weighted by Crippen LogP contribution is 2.32. The molecule has 5 nitrogen and oxygen atoms in total. The summed E-state index contributed by atoms with van der Waals surface area (Å²) in [5.41, 5.74) is -0.733. The minimum atomic E-state index is -4.13. The maximum Gasteiger partial charge on any atom is 0.257 e. The van der Waals surface area contributed by atoms with Gasteiger partial charge in [0.25, 0.3) is 5.91 Å². The fourth-order valence-electron chi connectivity index (χ4n) is 2.54. The summed E-state index contributed by atoms with van der Waals surface area (Å²) in [5.74, 6) is -1.42. The molecule has 1 heterocycles. The molecule has 1 aromatic carbocycles. The summed E-state index contributed by atoms with van der Waals surface area (Å²) >= 11 is 5.68. The topological polar surface area (TPSA) is 80.5 Å². The molecule has 0 aliphatic carbocycles. The van der Waals surface area contributed by atoms with Gasteiger partial charge in [0.2, 0.25) is 10.0 Å². The molecule has 2 rings (SSSR count). The molecule has 1 saturated heterocycles. The van der Waals surface area contributed by atoms with Crippen LogP contribution in [-0.4, -0.2) is 31.3 Å². The molecule has 116 valence electrons. The third-order valence-electron chi connectivity index (χ3n) is 3.70. The third-order valence-corrected chi connectivity index (χ3v) is 5.08. The number of nitrogens with zero attached hydrogens (tertiary/aromatic N) is 1. The van der Waals surface area contributed by atoms with Gasteiger partial charge >= 0.3 is 0 Å². The van der Waals surface area contributed by atoms with Crippen LogP contribution in [0.4, 0.5) is 4.39 Å². The molecule has 0 atom stereocenters. The fraction of sp³-hybridized carbons (Fsp3) is 0.462. The summed E-state index contributed by atoms with van der Waals surface area (Å²) in [5, 5.41) is 4.68. The number of amides is 1. The van der Waals surface area contributed by atoms with E-state index in [1.165, 1.54) is 4.90 Å².